The largest absolute Gasteiger partial charge is 0.475 e. The average Bonchev–Trinajstić information content (AvgIpc) is 3.70. The molecule has 6 rings (SSSR count). The molecule has 6 nitrogen and oxygen atoms in total. The number of ether oxygens (including phenoxy) is 3. The maximum absolute atomic E-state index is 11.9. The lowest BCUT2D eigenvalue weighted by Crippen LogP contribution is -2.25. The first kappa shape index (κ1) is 29.9. The van der Waals surface area contributed by atoms with Crippen molar-refractivity contribution >= 4 is 39.3 Å². The number of benzene rings is 4. The summed E-state index contributed by atoms with van der Waals surface area (Å²) in [6, 6.07) is 23.6. The van der Waals surface area contributed by atoms with Crippen molar-refractivity contribution < 1.29 is 19.0 Å². The van der Waals surface area contributed by atoms with E-state index in [-0.39, 0.29) is 28.9 Å². The highest BCUT2D eigenvalue weighted by Crippen LogP contribution is 2.42. The van der Waals surface area contributed by atoms with Crippen LogP contribution in [0.2, 0.25) is 0 Å². The number of carbonyl (C=O) groups excluding carboxylic acids is 1. The Kier molecular flexibility index (Phi) is 7.73. The quantitative estimate of drug-likeness (QED) is 0.213. The third-order valence-electron chi connectivity index (χ3n) is 8.87. The van der Waals surface area contributed by atoms with Crippen molar-refractivity contribution in [2.75, 3.05) is 20.3 Å². The summed E-state index contributed by atoms with van der Waals surface area (Å²) in [6.45, 7) is 14.3. The Morgan fingerprint density at radius 2 is 1.30 bits per heavy atom. The minimum atomic E-state index is -0.211. The van der Waals surface area contributed by atoms with Gasteiger partial charge in [0.25, 0.3) is 0 Å². The molecule has 4 aromatic carbocycles. The van der Waals surface area contributed by atoms with Crippen LogP contribution in [-0.2, 0) is 25.4 Å². The molecule has 0 aromatic heterocycles. The van der Waals surface area contributed by atoms with E-state index in [1.54, 1.807) is 0 Å². The van der Waals surface area contributed by atoms with Crippen molar-refractivity contribution in [3.63, 3.8) is 0 Å². The molecule has 6 heteroatoms. The maximum atomic E-state index is 11.9. The van der Waals surface area contributed by atoms with Crippen LogP contribution in [0.5, 0.6) is 0 Å². The van der Waals surface area contributed by atoms with E-state index in [1.807, 2.05) is 0 Å². The summed E-state index contributed by atoms with van der Waals surface area (Å²) in [5.41, 5.74) is 5.07. The molecular weight excluding hydrogens is 548 g/mol. The number of nitrogens with zero attached hydrogens (tertiary/aromatic N) is 2. The van der Waals surface area contributed by atoms with Gasteiger partial charge in [-0.25, -0.2) is 9.98 Å². The third kappa shape index (κ3) is 5.70. The molecule has 2 aliphatic rings. The SMILES string of the molecule is COC(=O)CCc1ccc2c(-c3c(C4=N[C@@H](C(C)(C)C)CO4)ccc4ccccc34)c(C3=N[C@@H](C(C)(C)C)CO3)ccc2c1. The van der Waals surface area contributed by atoms with Gasteiger partial charge in [-0.2, -0.15) is 0 Å². The fourth-order valence-electron chi connectivity index (χ4n) is 5.98. The summed E-state index contributed by atoms with van der Waals surface area (Å²) in [5, 5.41) is 4.41. The minimum Gasteiger partial charge on any atom is -0.475 e. The van der Waals surface area contributed by atoms with E-state index >= 15 is 0 Å². The number of hydrogen-bond donors (Lipinski definition) is 0. The lowest BCUT2D eigenvalue weighted by Gasteiger charge is -2.22. The summed E-state index contributed by atoms with van der Waals surface area (Å²) in [4.78, 5) is 22.1. The van der Waals surface area contributed by atoms with Crippen molar-refractivity contribution in [2.24, 2.45) is 20.8 Å². The minimum absolute atomic E-state index is 0.0155. The van der Waals surface area contributed by atoms with E-state index in [0.29, 0.717) is 37.9 Å². The van der Waals surface area contributed by atoms with Crippen LogP contribution in [-0.4, -0.2) is 50.2 Å². The molecule has 228 valence electrons. The maximum Gasteiger partial charge on any atom is 0.305 e. The molecule has 2 atom stereocenters. The highest BCUT2D eigenvalue weighted by molar-refractivity contribution is 6.19. The standard InChI is InChI=1S/C38H42N2O4/c1-37(2,3)30-21-43-35(39-30)28-17-14-24-10-8-9-11-26(24)33(28)34-27-16-12-23(13-19-32(41)42-7)20-25(27)15-18-29(34)36-40-31(22-44-36)38(4,5)6/h8-12,14-18,20,30-31H,13,19,21-22H2,1-7H3/t30-,31-/m1/s1. The molecule has 2 heterocycles. The van der Waals surface area contributed by atoms with Gasteiger partial charge in [0.15, 0.2) is 0 Å². The zero-order valence-electron chi connectivity index (χ0n) is 26.9. The Labute approximate surface area is 260 Å². The first-order valence-electron chi connectivity index (χ1n) is 15.5. The number of fused-ring (bicyclic) bond motifs is 2. The third-order valence-corrected chi connectivity index (χ3v) is 8.87. The fraction of sp³-hybridized carbons (Fsp3) is 0.395. The molecule has 0 fully saturated rings. The molecule has 0 saturated carbocycles. The molecule has 0 amide bonds. The van der Waals surface area contributed by atoms with Crippen molar-refractivity contribution in [1.29, 1.82) is 0 Å². The molecule has 0 saturated heterocycles. The molecular formula is C38H42N2O4. The van der Waals surface area contributed by atoms with E-state index in [9.17, 15) is 4.79 Å². The van der Waals surface area contributed by atoms with Crippen molar-refractivity contribution in [3.8, 4) is 11.1 Å². The zero-order chi connectivity index (χ0) is 31.2. The van der Waals surface area contributed by atoms with Crippen LogP contribution < -0.4 is 0 Å². The molecule has 0 aliphatic carbocycles. The Morgan fingerprint density at radius 1 is 0.750 bits per heavy atom. The smallest absolute Gasteiger partial charge is 0.305 e. The van der Waals surface area contributed by atoms with E-state index in [2.05, 4.69) is 108 Å². The molecule has 0 unspecified atom stereocenters. The normalized spacial score (nSPS) is 18.6. The number of rotatable bonds is 6. The lowest BCUT2D eigenvalue weighted by molar-refractivity contribution is -0.140. The van der Waals surface area contributed by atoms with Gasteiger partial charge in [0, 0.05) is 28.7 Å². The second-order valence-electron chi connectivity index (χ2n) is 14.1. The van der Waals surface area contributed by atoms with Crippen LogP contribution in [0.25, 0.3) is 32.7 Å². The van der Waals surface area contributed by atoms with Crippen molar-refractivity contribution in [2.45, 2.75) is 66.5 Å². The van der Waals surface area contributed by atoms with E-state index < -0.39 is 0 Å². The van der Waals surface area contributed by atoms with Crippen LogP contribution >= 0.6 is 0 Å². The van der Waals surface area contributed by atoms with E-state index in [1.165, 1.54) is 7.11 Å². The first-order chi connectivity index (χ1) is 20.9. The van der Waals surface area contributed by atoms with Gasteiger partial charge in [-0.05, 0) is 56.5 Å². The monoisotopic (exact) mass is 590 g/mol. The topological polar surface area (TPSA) is 69.5 Å². The number of hydrogen-bond acceptors (Lipinski definition) is 6. The fourth-order valence-corrected chi connectivity index (χ4v) is 5.98. The Balaban J connectivity index is 1.62. The highest BCUT2D eigenvalue weighted by Gasteiger charge is 2.34. The number of methoxy groups -OCH3 is 1. The van der Waals surface area contributed by atoms with Gasteiger partial charge in [-0.15, -0.1) is 0 Å². The van der Waals surface area contributed by atoms with Crippen LogP contribution in [0.4, 0.5) is 0 Å². The summed E-state index contributed by atoms with van der Waals surface area (Å²) < 4.78 is 17.6. The van der Waals surface area contributed by atoms with Crippen LogP contribution in [0.3, 0.4) is 0 Å². The molecule has 44 heavy (non-hydrogen) atoms. The van der Waals surface area contributed by atoms with Gasteiger partial charge in [0.2, 0.25) is 11.8 Å². The van der Waals surface area contributed by atoms with Crippen LogP contribution in [0, 0.1) is 10.8 Å². The molecule has 0 N–H and O–H groups in total. The van der Waals surface area contributed by atoms with Crippen molar-refractivity contribution in [1.82, 2.24) is 0 Å². The lowest BCUT2D eigenvalue weighted by atomic mass is 9.86. The highest BCUT2D eigenvalue weighted by atomic mass is 16.5. The molecule has 0 bridgehead atoms. The first-order valence-corrected chi connectivity index (χ1v) is 15.5. The number of aryl methyl sites for hydroxylation is 1. The van der Waals surface area contributed by atoms with Crippen LogP contribution in [0.1, 0.15) is 64.7 Å². The summed E-state index contributed by atoms with van der Waals surface area (Å²) in [7, 11) is 1.43. The van der Waals surface area contributed by atoms with Gasteiger partial charge in [-0.1, -0.05) is 96.1 Å². The van der Waals surface area contributed by atoms with E-state index in [4.69, 9.17) is 24.2 Å². The summed E-state index contributed by atoms with van der Waals surface area (Å²) in [5.74, 6) is 1.12. The van der Waals surface area contributed by atoms with Gasteiger partial charge in [0.1, 0.15) is 13.2 Å². The molecule has 0 radical (unpaired) electrons. The molecule has 4 aromatic rings. The number of carbonyl (C=O) groups is 1. The summed E-state index contributed by atoms with van der Waals surface area (Å²) >= 11 is 0. The van der Waals surface area contributed by atoms with Gasteiger partial charge in [-0.3, -0.25) is 4.79 Å². The second kappa shape index (κ2) is 11.4. The predicted octanol–water partition coefficient (Wildman–Crippen LogP) is 8.15. The van der Waals surface area contributed by atoms with Crippen LogP contribution in [0.15, 0.2) is 76.7 Å². The molecule has 2 aliphatic heterocycles. The average molecular weight is 591 g/mol. The predicted molar refractivity (Wildman–Crippen MR) is 179 cm³/mol. The van der Waals surface area contributed by atoms with Gasteiger partial charge in [0.05, 0.1) is 19.2 Å². The van der Waals surface area contributed by atoms with Crippen molar-refractivity contribution in [3.05, 3.63) is 83.4 Å². The van der Waals surface area contributed by atoms with E-state index in [0.717, 1.165) is 49.4 Å². The number of esters is 1. The molecule has 0 spiro atoms. The second-order valence-corrected chi connectivity index (χ2v) is 14.1. The van der Waals surface area contributed by atoms with Gasteiger partial charge >= 0.3 is 5.97 Å². The van der Waals surface area contributed by atoms with Gasteiger partial charge < -0.3 is 14.2 Å². The Hall–Kier alpha value is -4.19. The Morgan fingerprint density at radius 3 is 1.84 bits per heavy atom. The Bertz CT molecular complexity index is 1810. The summed E-state index contributed by atoms with van der Waals surface area (Å²) in [6.07, 6.45) is 0.951. The zero-order valence-corrected chi connectivity index (χ0v) is 26.9. The number of aliphatic imine (C=N–C) groups is 2.